The van der Waals surface area contributed by atoms with Crippen molar-refractivity contribution in [3.8, 4) is 0 Å². The van der Waals surface area contributed by atoms with E-state index >= 15 is 0 Å². The lowest BCUT2D eigenvalue weighted by Gasteiger charge is -2.10. The molecule has 26 heavy (non-hydrogen) atoms. The third kappa shape index (κ3) is 3.83. The van der Waals surface area contributed by atoms with Gasteiger partial charge in [-0.2, -0.15) is 0 Å². The molecule has 7 heteroatoms. The summed E-state index contributed by atoms with van der Waals surface area (Å²) in [6, 6.07) is 5.65. The van der Waals surface area contributed by atoms with Crippen LogP contribution in [0.15, 0.2) is 24.3 Å². The Bertz CT molecular complexity index is 954. The number of halogens is 1. The fraction of sp³-hybridized carbons (Fsp3) is 0.316. The molecule has 2 N–H and O–H groups in total. The zero-order valence-electron chi connectivity index (χ0n) is 15.0. The second kappa shape index (κ2) is 7.78. The van der Waals surface area contributed by atoms with E-state index in [1.54, 1.807) is 17.4 Å². The first-order valence-corrected chi connectivity index (χ1v) is 9.35. The van der Waals surface area contributed by atoms with E-state index in [-0.39, 0.29) is 5.91 Å². The predicted molar refractivity (Wildman–Crippen MR) is 103 cm³/mol. The summed E-state index contributed by atoms with van der Waals surface area (Å²) in [6.45, 7) is 7.10. The lowest BCUT2D eigenvalue weighted by atomic mass is 10.2. The largest absolute Gasteiger partial charge is 0.368 e. The Hall–Kier alpha value is -2.54. The van der Waals surface area contributed by atoms with Crippen LogP contribution in [0.5, 0.6) is 0 Å². The number of amides is 1. The van der Waals surface area contributed by atoms with Crippen molar-refractivity contribution in [2.24, 2.45) is 0 Å². The van der Waals surface area contributed by atoms with Crippen LogP contribution in [0.4, 0.5) is 10.2 Å². The lowest BCUT2D eigenvalue weighted by Crippen LogP contribution is -2.29. The van der Waals surface area contributed by atoms with Gasteiger partial charge in [-0.25, -0.2) is 14.4 Å². The van der Waals surface area contributed by atoms with Gasteiger partial charge in [-0.1, -0.05) is 13.0 Å². The summed E-state index contributed by atoms with van der Waals surface area (Å²) < 4.78 is 13.2. The summed E-state index contributed by atoms with van der Waals surface area (Å²) in [5.74, 6) is 0.879. The molecule has 0 bridgehead atoms. The number of nitrogens with zero attached hydrogens (tertiary/aromatic N) is 2. The highest BCUT2D eigenvalue weighted by Crippen LogP contribution is 2.33. The number of benzene rings is 1. The van der Waals surface area contributed by atoms with E-state index < -0.39 is 5.82 Å². The molecule has 0 aliphatic carbocycles. The minimum Gasteiger partial charge on any atom is -0.368 e. The summed E-state index contributed by atoms with van der Waals surface area (Å²) in [5.41, 5.74) is 1.49. The van der Waals surface area contributed by atoms with Gasteiger partial charge in [0.1, 0.15) is 22.3 Å². The molecule has 1 aromatic carbocycles. The molecule has 0 aliphatic heterocycles. The van der Waals surface area contributed by atoms with Gasteiger partial charge in [0.05, 0.1) is 5.39 Å². The van der Waals surface area contributed by atoms with E-state index in [4.69, 9.17) is 0 Å². The molecule has 2 heterocycles. The fourth-order valence-corrected chi connectivity index (χ4v) is 3.72. The van der Waals surface area contributed by atoms with E-state index in [1.807, 2.05) is 6.92 Å². The van der Waals surface area contributed by atoms with Gasteiger partial charge in [-0.3, -0.25) is 4.79 Å². The molecule has 136 valence electrons. The van der Waals surface area contributed by atoms with Crippen molar-refractivity contribution >= 4 is 33.3 Å². The highest BCUT2D eigenvalue weighted by molar-refractivity contribution is 7.18. The number of hydrogen-bond acceptors (Lipinski definition) is 5. The van der Waals surface area contributed by atoms with Gasteiger partial charge in [0.25, 0.3) is 5.91 Å². The van der Waals surface area contributed by atoms with Gasteiger partial charge < -0.3 is 10.6 Å². The number of hydrogen-bond donors (Lipinski definition) is 2. The van der Waals surface area contributed by atoms with Crippen LogP contribution in [-0.2, 0) is 6.42 Å². The summed E-state index contributed by atoms with van der Waals surface area (Å²) in [7, 11) is 0. The maximum atomic E-state index is 13.2. The monoisotopic (exact) mass is 372 g/mol. The molecule has 0 fully saturated rings. The van der Waals surface area contributed by atoms with E-state index in [9.17, 15) is 9.18 Å². The highest BCUT2D eigenvalue weighted by atomic mass is 32.1. The van der Waals surface area contributed by atoms with Crippen LogP contribution in [0.1, 0.15) is 33.5 Å². The van der Waals surface area contributed by atoms with E-state index in [2.05, 4.69) is 34.4 Å². The zero-order valence-corrected chi connectivity index (χ0v) is 15.8. The Morgan fingerprint density at radius 1 is 1.23 bits per heavy atom. The normalized spacial score (nSPS) is 10.9. The molecule has 0 saturated carbocycles. The van der Waals surface area contributed by atoms with Crippen molar-refractivity contribution in [2.45, 2.75) is 27.2 Å². The minimum atomic E-state index is -0.422. The topological polar surface area (TPSA) is 66.9 Å². The molecule has 0 aliphatic rings. The van der Waals surface area contributed by atoms with Gasteiger partial charge >= 0.3 is 0 Å². The molecule has 0 radical (unpaired) electrons. The van der Waals surface area contributed by atoms with Crippen molar-refractivity contribution in [3.63, 3.8) is 0 Å². The average Bonchev–Trinajstić information content (AvgIpc) is 2.92. The Balaban J connectivity index is 1.67. The predicted octanol–water partition coefficient (Wildman–Crippen LogP) is 3.85. The summed E-state index contributed by atoms with van der Waals surface area (Å²) >= 11 is 1.67. The van der Waals surface area contributed by atoms with Gasteiger partial charge in [-0.05, 0) is 37.6 Å². The van der Waals surface area contributed by atoms with Crippen LogP contribution in [0.2, 0.25) is 0 Å². The number of nitrogens with one attached hydrogen (secondary N) is 2. The number of thiophene rings is 1. The number of rotatable bonds is 6. The number of aryl methyl sites for hydroxylation is 3. The van der Waals surface area contributed by atoms with Crippen LogP contribution in [0, 0.1) is 19.7 Å². The quantitative estimate of drug-likeness (QED) is 0.645. The van der Waals surface area contributed by atoms with Crippen LogP contribution < -0.4 is 10.6 Å². The first kappa shape index (κ1) is 18.3. The molecule has 0 atom stereocenters. The first-order valence-electron chi connectivity index (χ1n) is 8.53. The molecule has 2 aromatic heterocycles. The molecule has 0 saturated heterocycles. The molecule has 3 aromatic rings. The number of carbonyl (C=O) groups is 1. The van der Waals surface area contributed by atoms with Gasteiger partial charge in [0.15, 0.2) is 0 Å². The van der Waals surface area contributed by atoms with Crippen molar-refractivity contribution in [2.75, 3.05) is 18.4 Å². The third-order valence-corrected chi connectivity index (χ3v) is 5.28. The number of aromatic nitrogens is 2. The van der Waals surface area contributed by atoms with Crippen molar-refractivity contribution in [1.82, 2.24) is 15.3 Å². The molecule has 0 unspecified atom stereocenters. The Morgan fingerprint density at radius 3 is 2.77 bits per heavy atom. The van der Waals surface area contributed by atoms with Crippen molar-refractivity contribution in [1.29, 1.82) is 0 Å². The van der Waals surface area contributed by atoms with Crippen molar-refractivity contribution in [3.05, 3.63) is 51.9 Å². The molecule has 0 spiro atoms. The Morgan fingerprint density at radius 2 is 2.04 bits per heavy atom. The summed E-state index contributed by atoms with van der Waals surface area (Å²) in [6.07, 6.45) is 0.761. The second-order valence-electron chi connectivity index (χ2n) is 6.00. The first-order chi connectivity index (χ1) is 12.5. The van der Waals surface area contributed by atoms with Gasteiger partial charge in [0, 0.05) is 30.0 Å². The molecular weight excluding hydrogens is 351 g/mol. The highest BCUT2D eigenvalue weighted by Gasteiger charge is 2.14. The Labute approximate surface area is 155 Å². The number of anilines is 1. The van der Waals surface area contributed by atoms with Crippen LogP contribution >= 0.6 is 11.3 Å². The van der Waals surface area contributed by atoms with Gasteiger partial charge in [-0.15, -0.1) is 11.3 Å². The maximum absolute atomic E-state index is 13.2. The van der Waals surface area contributed by atoms with E-state index in [0.29, 0.717) is 18.7 Å². The number of fused-ring (bicyclic) bond motifs is 1. The van der Waals surface area contributed by atoms with Crippen LogP contribution in [0.3, 0.4) is 0 Å². The molecule has 5 nitrogen and oxygen atoms in total. The van der Waals surface area contributed by atoms with Gasteiger partial charge in [0.2, 0.25) is 0 Å². The summed E-state index contributed by atoms with van der Waals surface area (Å²) in [5, 5.41) is 7.13. The second-order valence-corrected chi connectivity index (χ2v) is 7.20. The lowest BCUT2D eigenvalue weighted by molar-refractivity contribution is 0.0954. The fourth-order valence-electron chi connectivity index (χ4n) is 2.67. The van der Waals surface area contributed by atoms with E-state index in [1.165, 1.54) is 28.6 Å². The smallest absolute Gasteiger partial charge is 0.251 e. The molecule has 3 rings (SSSR count). The SMILES string of the molecule is CCc1nc(NCCNC(=O)c2cccc(F)c2)c2c(C)c(C)sc2n1. The number of carbonyl (C=O) groups excluding carboxylic acids is 1. The zero-order chi connectivity index (χ0) is 18.7. The maximum Gasteiger partial charge on any atom is 0.251 e. The molecular formula is C19H21FN4OS. The van der Waals surface area contributed by atoms with Crippen LogP contribution in [0.25, 0.3) is 10.2 Å². The summed E-state index contributed by atoms with van der Waals surface area (Å²) in [4.78, 5) is 23.5. The Kier molecular flexibility index (Phi) is 5.46. The average molecular weight is 372 g/mol. The molecule has 1 amide bonds. The van der Waals surface area contributed by atoms with Crippen LogP contribution in [-0.4, -0.2) is 29.0 Å². The van der Waals surface area contributed by atoms with E-state index in [0.717, 1.165) is 28.3 Å². The minimum absolute atomic E-state index is 0.295. The van der Waals surface area contributed by atoms with Crippen molar-refractivity contribution < 1.29 is 9.18 Å². The third-order valence-electron chi connectivity index (χ3n) is 4.18. The standard InChI is InChI=1S/C19H21FN4OS/c1-4-15-23-17(16-11(2)12(3)26-19(16)24-15)21-8-9-22-18(25)13-6-5-7-14(20)10-13/h5-7,10H,4,8-9H2,1-3H3,(H,22,25)(H,21,23,24).